The van der Waals surface area contributed by atoms with E-state index in [0.717, 1.165) is 0 Å². The molecule has 0 fully saturated rings. The number of ether oxygens (including phenoxy) is 1. The second-order valence-corrected chi connectivity index (χ2v) is 5.24. The summed E-state index contributed by atoms with van der Waals surface area (Å²) in [6.45, 7) is 5.88. The lowest BCUT2D eigenvalue weighted by atomic mass is 10.1. The Balaban J connectivity index is 2.55. The van der Waals surface area contributed by atoms with E-state index in [9.17, 15) is 9.59 Å². The molecule has 0 aliphatic carbocycles. The summed E-state index contributed by atoms with van der Waals surface area (Å²) in [6.07, 6.45) is 4.13. The molecule has 1 aromatic rings. The van der Waals surface area contributed by atoms with Crippen LogP contribution in [0.3, 0.4) is 0 Å². The van der Waals surface area contributed by atoms with Crippen molar-refractivity contribution in [1.29, 1.82) is 0 Å². The van der Waals surface area contributed by atoms with E-state index in [1.54, 1.807) is 0 Å². The van der Waals surface area contributed by atoms with Gasteiger partial charge in [-0.05, 0) is 20.8 Å². The van der Waals surface area contributed by atoms with Crippen molar-refractivity contribution in [3.05, 3.63) is 24.3 Å². The largest absolute Gasteiger partial charge is 0.480 e. The second kappa shape index (κ2) is 6.95. The first-order valence-corrected chi connectivity index (χ1v) is 6.22. The highest BCUT2D eigenvalue weighted by Crippen LogP contribution is 2.08. The third kappa shape index (κ3) is 5.75. The summed E-state index contributed by atoms with van der Waals surface area (Å²) in [5.41, 5.74) is -0.129. The summed E-state index contributed by atoms with van der Waals surface area (Å²) < 4.78 is 5.46. The van der Waals surface area contributed by atoms with Gasteiger partial charge in [0.05, 0.1) is 11.2 Å². The van der Waals surface area contributed by atoms with Crippen LogP contribution in [0.15, 0.2) is 18.7 Å². The lowest BCUT2D eigenvalue weighted by Gasteiger charge is -2.21. The normalized spacial score (nSPS) is 12.8. The Morgan fingerprint density at radius 2 is 1.95 bits per heavy atom. The van der Waals surface area contributed by atoms with Crippen LogP contribution in [0.25, 0.3) is 0 Å². The van der Waals surface area contributed by atoms with E-state index >= 15 is 0 Å². The fourth-order valence-corrected chi connectivity index (χ4v) is 1.40. The minimum Gasteiger partial charge on any atom is -0.480 e. The van der Waals surface area contributed by atoms with E-state index in [1.807, 2.05) is 20.8 Å². The number of carbonyl (C=O) groups excluding carboxylic acids is 1. The maximum atomic E-state index is 11.8. The molecule has 0 radical (unpaired) electrons. The maximum Gasteiger partial charge on any atom is 0.326 e. The first kappa shape index (κ1) is 16.0. The van der Waals surface area contributed by atoms with Gasteiger partial charge in [0.25, 0.3) is 5.91 Å². The van der Waals surface area contributed by atoms with E-state index in [0.29, 0.717) is 0 Å². The molecule has 0 aliphatic heterocycles. The highest BCUT2D eigenvalue weighted by molar-refractivity contribution is 5.96. The molecule has 0 aliphatic rings. The molecule has 0 saturated heterocycles. The Kier molecular flexibility index (Phi) is 5.57. The number of amides is 1. The summed E-state index contributed by atoms with van der Waals surface area (Å²) in [6, 6.07) is -1.01. The topological polar surface area (TPSA) is 101 Å². The average Bonchev–Trinajstić information content (AvgIpc) is 2.37. The Labute approximate surface area is 117 Å². The van der Waals surface area contributed by atoms with Crippen molar-refractivity contribution >= 4 is 11.9 Å². The van der Waals surface area contributed by atoms with Crippen LogP contribution in [0.1, 0.15) is 37.6 Å². The highest BCUT2D eigenvalue weighted by Gasteiger charge is 2.22. The predicted molar refractivity (Wildman–Crippen MR) is 71.2 cm³/mol. The second-order valence-electron chi connectivity index (χ2n) is 5.24. The molecule has 1 atom stereocenters. The van der Waals surface area contributed by atoms with Crippen LogP contribution in [0.4, 0.5) is 0 Å². The van der Waals surface area contributed by atoms with Crippen molar-refractivity contribution < 1.29 is 19.4 Å². The van der Waals surface area contributed by atoms with E-state index in [2.05, 4.69) is 15.3 Å². The van der Waals surface area contributed by atoms with E-state index < -0.39 is 17.9 Å². The lowest BCUT2D eigenvalue weighted by molar-refractivity contribution is -0.140. The zero-order chi connectivity index (χ0) is 15.2. The molecule has 0 saturated carbocycles. The van der Waals surface area contributed by atoms with Gasteiger partial charge in [0, 0.05) is 25.4 Å². The zero-order valence-electron chi connectivity index (χ0n) is 11.8. The van der Waals surface area contributed by atoms with Crippen molar-refractivity contribution in [3.63, 3.8) is 0 Å². The number of carbonyl (C=O) groups is 2. The van der Waals surface area contributed by atoms with Crippen molar-refractivity contribution in [2.24, 2.45) is 0 Å². The van der Waals surface area contributed by atoms with Crippen molar-refractivity contribution in [2.75, 3.05) is 6.61 Å². The average molecular weight is 281 g/mol. The van der Waals surface area contributed by atoms with Crippen molar-refractivity contribution in [1.82, 2.24) is 15.3 Å². The summed E-state index contributed by atoms with van der Waals surface area (Å²) in [5.74, 6) is -1.62. The van der Waals surface area contributed by atoms with Crippen molar-refractivity contribution in [3.8, 4) is 0 Å². The van der Waals surface area contributed by atoms with Gasteiger partial charge < -0.3 is 15.2 Å². The minimum atomic E-state index is -1.10. The molecule has 7 nitrogen and oxygen atoms in total. The molecule has 110 valence electrons. The monoisotopic (exact) mass is 281 g/mol. The summed E-state index contributed by atoms with van der Waals surface area (Å²) in [5, 5.41) is 11.5. The number of rotatable bonds is 6. The van der Waals surface area contributed by atoms with Gasteiger partial charge in [-0.15, -0.1) is 0 Å². The van der Waals surface area contributed by atoms with Crippen LogP contribution in [0, 0.1) is 0 Å². The third-order valence-corrected chi connectivity index (χ3v) is 2.37. The van der Waals surface area contributed by atoms with E-state index in [1.165, 1.54) is 18.7 Å². The van der Waals surface area contributed by atoms with Crippen LogP contribution < -0.4 is 5.32 Å². The van der Waals surface area contributed by atoms with Gasteiger partial charge in [-0.25, -0.2) is 14.8 Å². The van der Waals surface area contributed by atoms with E-state index in [-0.39, 0.29) is 24.2 Å². The zero-order valence-corrected chi connectivity index (χ0v) is 11.8. The molecule has 2 N–H and O–H groups in total. The molecule has 1 heterocycles. The number of hydrogen-bond acceptors (Lipinski definition) is 5. The molecule has 0 bridgehead atoms. The highest BCUT2D eigenvalue weighted by atomic mass is 16.5. The molecule has 1 amide bonds. The summed E-state index contributed by atoms with van der Waals surface area (Å²) in [4.78, 5) is 30.4. The van der Waals surface area contributed by atoms with Gasteiger partial charge in [-0.2, -0.15) is 0 Å². The molecule has 7 heteroatoms. The van der Waals surface area contributed by atoms with Gasteiger partial charge in [-0.1, -0.05) is 0 Å². The molecular weight excluding hydrogens is 262 g/mol. The van der Waals surface area contributed by atoms with Gasteiger partial charge in [-0.3, -0.25) is 4.79 Å². The molecule has 1 aromatic heterocycles. The number of hydrogen-bond donors (Lipinski definition) is 2. The van der Waals surface area contributed by atoms with Gasteiger partial charge in [0.1, 0.15) is 12.4 Å². The standard InChI is InChI=1S/C13H19N3O4/c1-13(2,3)20-5-4-10(12(18)19)16-11(17)9-6-14-8-15-7-9/h6-8,10H,4-5H2,1-3H3,(H,16,17)(H,18,19). The number of aromatic nitrogens is 2. The quantitative estimate of drug-likeness (QED) is 0.802. The van der Waals surface area contributed by atoms with Crippen LogP contribution in [0.2, 0.25) is 0 Å². The smallest absolute Gasteiger partial charge is 0.326 e. The Morgan fingerprint density at radius 1 is 1.35 bits per heavy atom. The van der Waals surface area contributed by atoms with E-state index in [4.69, 9.17) is 9.84 Å². The van der Waals surface area contributed by atoms with Gasteiger partial charge >= 0.3 is 5.97 Å². The summed E-state index contributed by atoms with van der Waals surface area (Å²) in [7, 11) is 0. The van der Waals surface area contributed by atoms with Crippen LogP contribution >= 0.6 is 0 Å². The summed E-state index contributed by atoms with van der Waals surface area (Å²) >= 11 is 0. The molecule has 0 spiro atoms. The van der Waals surface area contributed by atoms with Crippen LogP contribution in [0.5, 0.6) is 0 Å². The minimum absolute atomic E-state index is 0.187. The molecule has 20 heavy (non-hydrogen) atoms. The number of carboxylic acid groups (broad SMARTS) is 1. The van der Waals surface area contributed by atoms with Crippen molar-refractivity contribution in [2.45, 2.75) is 38.8 Å². The molecule has 1 rings (SSSR count). The first-order chi connectivity index (χ1) is 9.29. The Hall–Kier alpha value is -2.02. The number of carboxylic acids is 1. The molecule has 0 aromatic carbocycles. The van der Waals surface area contributed by atoms with Gasteiger partial charge in [0.15, 0.2) is 0 Å². The maximum absolute atomic E-state index is 11.8. The fourth-order valence-electron chi connectivity index (χ4n) is 1.40. The fraction of sp³-hybridized carbons (Fsp3) is 0.538. The molecule has 1 unspecified atom stereocenters. The number of nitrogens with one attached hydrogen (secondary N) is 1. The Bertz CT molecular complexity index is 456. The SMILES string of the molecule is CC(C)(C)OCCC(NC(=O)c1cncnc1)C(=O)O. The predicted octanol–water partition coefficient (Wildman–Crippen LogP) is 0.865. The van der Waals surface area contributed by atoms with Gasteiger partial charge in [0.2, 0.25) is 0 Å². The van der Waals surface area contributed by atoms with Crippen LogP contribution in [-0.2, 0) is 9.53 Å². The lowest BCUT2D eigenvalue weighted by Crippen LogP contribution is -2.42. The molecular formula is C13H19N3O4. The Morgan fingerprint density at radius 3 is 2.45 bits per heavy atom. The number of nitrogens with zero attached hydrogens (tertiary/aromatic N) is 2. The third-order valence-electron chi connectivity index (χ3n) is 2.37. The number of aliphatic carboxylic acids is 1. The first-order valence-electron chi connectivity index (χ1n) is 6.22. The van der Waals surface area contributed by atoms with Crippen LogP contribution in [-0.4, -0.2) is 45.2 Å².